The monoisotopic (exact) mass is 241 g/mol. The first-order chi connectivity index (χ1) is 8.83. The highest BCUT2D eigenvalue weighted by Gasteiger charge is 2.21. The molecule has 1 aliphatic rings. The molecule has 0 spiro atoms. The fourth-order valence-electron chi connectivity index (χ4n) is 2.39. The molecular weight excluding hydrogens is 226 g/mol. The first-order valence-electron chi connectivity index (χ1n) is 6.26. The van der Waals surface area contributed by atoms with Crippen LogP contribution in [-0.4, -0.2) is 19.9 Å². The standard InChI is InChI=1S/C13H15N5/c14-13-17-11(9-5-1-2-6-9)16-12(18-13)10-7-3-4-8-15-10/h3-4,7-9H,1-2,5-6H2,(H2,14,16,17,18). The first kappa shape index (κ1) is 11.1. The molecule has 0 aromatic carbocycles. The molecule has 2 aromatic rings. The van der Waals surface area contributed by atoms with Crippen LogP contribution in [-0.2, 0) is 0 Å². The summed E-state index contributed by atoms with van der Waals surface area (Å²) in [4.78, 5) is 17.2. The Kier molecular flexibility index (Phi) is 2.88. The molecule has 2 heterocycles. The average molecular weight is 241 g/mol. The van der Waals surface area contributed by atoms with Gasteiger partial charge in [0.2, 0.25) is 5.95 Å². The molecule has 0 atom stereocenters. The number of pyridine rings is 1. The van der Waals surface area contributed by atoms with Crippen molar-refractivity contribution in [1.82, 2.24) is 19.9 Å². The van der Waals surface area contributed by atoms with Crippen LogP contribution in [0.2, 0.25) is 0 Å². The minimum atomic E-state index is 0.285. The van der Waals surface area contributed by atoms with E-state index in [1.165, 1.54) is 12.8 Å². The summed E-state index contributed by atoms with van der Waals surface area (Å²) < 4.78 is 0. The molecule has 5 nitrogen and oxygen atoms in total. The summed E-state index contributed by atoms with van der Waals surface area (Å²) in [6, 6.07) is 5.66. The topological polar surface area (TPSA) is 77.6 Å². The molecule has 0 aliphatic heterocycles. The smallest absolute Gasteiger partial charge is 0.223 e. The lowest BCUT2D eigenvalue weighted by Crippen LogP contribution is -2.08. The van der Waals surface area contributed by atoms with E-state index in [4.69, 9.17) is 5.73 Å². The van der Waals surface area contributed by atoms with Gasteiger partial charge in [0.05, 0.1) is 0 Å². The van der Waals surface area contributed by atoms with Crippen LogP contribution in [0.5, 0.6) is 0 Å². The van der Waals surface area contributed by atoms with Crippen molar-refractivity contribution in [2.75, 3.05) is 5.73 Å². The molecule has 3 rings (SSSR count). The molecule has 1 aliphatic carbocycles. The van der Waals surface area contributed by atoms with Crippen LogP contribution in [0.4, 0.5) is 5.95 Å². The summed E-state index contributed by atoms with van der Waals surface area (Å²) in [6.45, 7) is 0. The number of aromatic nitrogens is 4. The molecular formula is C13H15N5. The van der Waals surface area contributed by atoms with Gasteiger partial charge in [-0.25, -0.2) is 4.98 Å². The third kappa shape index (κ3) is 2.16. The highest BCUT2D eigenvalue weighted by atomic mass is 15.1. The Labute approximate surface area is 106 Å². The molecule has 0 amide bonds. The van der Waals surface area contributed by atoms with E-state index in [1.54, 1.807) is 6.20 Å². The van der Waals surface area contributed by atoms with E-state index >= 15 is 0 Å². The normalized spacial score (nSPS) is 16.0. The molecule has 18 heavy (non-hydrogen) atoms. The van der Waals surface area contributed by atoms with Crippen molar-refractivity contribution < 1.29 is 0 Å². The number of nitrogens with zero attached hydrogens (tertiary/aromatic N) is 4. The first-order valence-corrected chi connectivity index (χ1v) is 6.26. The molecule has 1 fully saturated rings. The fourth-order valence-corrected chi connectivity index (χ4v) is 2.39. The maximum absolute atomic E-state index is 5.77. The van der Waals surface area contributed by atoms with Crippen LogP contribution in [0, 0.1) is 0 Å². The summed E-state index contributed by atoms with van der Waals surface area (Å²) in [6.07, 6.45) is 6.51. The zero-order valence-electron chi connectivity index (χ0n) is 10.1. The molecule has 1 saturated carbocycles. The molecule has 2 aromatic heterocycles. The van der Waals surface area contributed by atoms with E-state index in [0.717, 1.165) is 24.4 Å². The molecule has 0 radical (unpaired) electrons. The zero-order valence-corrected chi connectivity index (χ0v) is 10.1. The number of nitrogens with two attached hydrogens (primary N) is 1. The lowest BCUT2D eigenvalue weighted by atomic mass is 10.1. The third-order valence-electron chi connectivity index (χ3n) is 3.28. The van der Waals surface area contributed by atoms with E-state index in [9.17, 15) is 0 Å². The summed E-state index contributed by atoms with van der Waals surface area (Å²) in [7, 11) is 0. The van der Waals surface area contributed by atoms with Gasteiger partial charge in [-0.3, -0.25) is 4.98 Å². The van der Waals surface area contributed by atoms with Crippen molar-refractivity contribution in [2.45, 2.75) is 31.6 Å². The SMILES string of the molecule is Nc1nc(-c2ccccn2)nc(C2CCCC2)n1. The largest absolute Gasteiger partial charge is 0.368 e. The van der Waals surface area contributed by atoms with Gasteiger partial charge >= 0.3 is 0 Å². The number of hydrogen-bond acceptors (Lipinski definition) is 5. The van der Waals surface area contributed by atoms with Gasteiger partial charge in [0.15, 0.2) is 5.82 Å². The highest BCUT2D eigenvalue weighted by molar-refractivity contribution is 5.49. The second kappa shape index (κ2) is 4.68. The summed E-state index contributed by atoms with van der Waals surface area (Å²) in [5.74, 6) is 2.11. The Morgan fingerprint density at radius 1 is 1.06 bits per heavy atom. The van der Waals surface area contributed by atoms with Crippen LogP contribution in [0.1, 0.15) is 37.4 Å². The summed E-state index contributed by atoms with van der Waals surface area (Å²) in [5.41, 5.74) is 6.52. The Balaban J connectivity index is 2.00. The van der Waals surface area contributed by atoms with Gasteiger partial charge in [0.1, 0.15) is 11.5 Å². The molecule has 5 heteroatoms. The maximum Gasteiger partial charge on any atom is 0.223 e. The highest BCUT2D eigenvalue weighted by Crippen LogP contribution is 2.32. The van der Waals surface area contributed by atoms with E-state index in [-0.39, 0.29) is 5.95 Å². The minimum absolute atomic E-state index is 0.285. The van der Waals surface area contributed by atoms with Crippen LogP contribution < -0.4 is 5.73 Å². The number of nitrogen functional groups attached to an aromatic ring is 1. The molecule has 0 bridgehead atoms. The zero-order chi connectivity index (χ0) is 12.4. The second-order valence-corrected chi connectivity index (χ2v) is 4.57. The maximum atomic E-state index is 5.77. The fraction of sp³-hybridized carbons (Fsp3) is 0.385. The molecule has 0 saturated heterocycles. The van der Waals surface area contributed by atoms with E-state index in [2.05, 4.69) is 19.9 Å². The minimum Gasteiger partial charge on any atom is -0.368 e. The van der Waals surface area contributed by atoms with Crippen molar-refractivity contribution in [3.8, 4) is 11.5 Å². The second-order valence-electron chi connectivity index (χ2n) is 4.57. The summed E-state index contributed by atoms with van der Waals surface area (Å²) in [5, 5.41) is 0. The quantitative estimate of drug-likeness (QED) is 0.871. The van der Waals surface area contributed by atoms with Gasteiger partial charge in [-0.05, 0) is 25.0 Å². The lowest BCUT2D eigenvalue weighted by molar-refractivity contribution is 0.664. The Bertz CT molecular complexity index is 534. The molecule has 92 valence electrons. The van der Waals surface area contributed by atoms with Crippen molar-refractivity contribution in [2.24, 2.45) is 0 Å². The van der Waals surface area contributed by atoms with E-state index in [0.29, 0.717) is 11.7 Å². The summed E-state index contributed by atoms with van der Waals surface area (Å²) >= 11 is 0. The number of anilines is 1. The van der Waals surface area contributed by atoms with Crippen molar-refractivity contribution >= 4 is 5.95 Å². The van der Waals surface area contributed by atoms with Crippen molar-refractivity contribution in [3.63, 3.8) is 0 Å². The van der Waals surface area contributed by atoms with Gasteiger partial charge in [0.25, 0.3) is 0 Å². The Hall–Kier alpha value is -2.04. The van der Waals surface area contributed by atoms with E-state index in [1.807, 2.05) is 18.2 Å². The lowest BCUT2D eigenvalue weighted by Gasteiger charge is -2.09. The Morgan fingerprint density at radius 3 is 2.61 bits per heavy atom. The van der Waals surface area contributed by atoms with Crippen LogP contribution in [0.25, 0.3) is 11.5 Å². The van der Waals surface area contributed by atoms with Gasteiger partial charge in [0, 0.05) is 12.1 Å². The van der Waals surface area contributed by atoms with Gasteiger partial charge < -0.3 is 5.73 Å². The molecule has 2 N–H and O–H groups in total. The average Bonchev–Trinajstić information content (AvgIpc) is 2.93. The van der Waals surface area contributed by atoms with Crippen LogP contribution in [0.3, 0.4) is 0 Å². The molecule has 0 unspecified atom stereocenters. The van der Waals surface area contributed by atoms with Gasteiger partial charge in [-0.2, -0.15) is 9.97 Å². The van der Waals surface area contributed by atoms with Crippen LogP contribution >= 0.6 is 0 Å². The predicted octanol–water partition coefficient (Wildman–Crippen LogP) is 2.17. The van der Waals surface area contributed by atoms with E-state index < -0.39 is 0 Å². The van der Waals surface area contributed by atoms with Gasteiger partial charge in [-0.1, -0.05) is 18.9 Å². The Morgan fingerprint density at radius 2 is 1.89 bits per heavy atom. The number of rotatable bonds is 2. The van der Waals surface area contributed by atoms with Crippen molar-refractivity contribution in [3.05, 3.63) is 30.2 Å². The number of hydrogen-bond donors (Lipinski definition) is 1. The van der Waals surface area contributed by atoms with Crippen LogP contribution in [0.15, 0.2) is 24.4 Å². The third-order valence-corrected chi connectivity index (χ3v) is 3.28. The van der Waals surface area contributed by atoms with Gasteiger partial charge in [-0.15, -0.1) is 0 Å². The predicted molar refractivity (Wildman–Crippen MR) is 68.7 cm³/mol. The van der Waals surface area contributed by atoms with Crippen molar-refractivity contribution in [1.29, 1.82) is 0 Å².